The van der Waals surface area contributed by atoms with E-state index in [2.05, 4.69) is 27.0 Å². The molecule has 0 radical (unpaired) electrons. The summed E-state index contributed by atoms with van der Waals surface area (Å²) in [6, 6.07) is 7.83. The molecule has 2 amide bonds. The Balaban J connectivity index is 1.77. The number of allylic oxidation sites excluding steroid dienone is 1. The van der Waals surface area contributed by atoms with Gasteiger partial charge in [-0.1, -0.05) is 55.8 Å². The van der Waals surface area contributed by atoms with Gasteiger partial charge in [0.05, 0.1) is 35.8 Å². The van der Waals surface area contributed by atoms with E-state index in [0.29, 0.717) is 19.6 Å². The van der Waals surface area contributed by atoms with Crippen molar-refractivity contribution in [3.05, 3.63) is 61.2 Å². The highest BCUT2D eigenvalue weighted by Crippen LogP contribution is 2.72. The summed E-state index contributed by atoms with van der Waals surface area (Å²) >= 11 is 1.63. The third-order valence-electron chi connectivity index (χ3n) is 9.29. The zero-order chi connectivity index (χ0) is 29.8. The monoisotopic (exact) mass is 582 g/mol. The zero-order valence-corrected chi connectivity index (χ0v) is 25.6. The van der Waals surface area contributed by atoms with Gasteiger partial charge < -0.3 is 19.6 Å². The number of fused-ring (bicyclic) bond motifs is 1. The molecule has 8 heteroatoms. The van der Waals surface area contributed by atoms with Gasteiger partial charge in [-0.3, -0.25) is 14.4 Å². The molecule has 1 aromatic rings. The molecular weight excluding hydrogens is 536 g/mol. The van der Waals surface area contributed by atoms with Gasteiger partial charge in [0.1, 0.15) is 6.04 Å². The van der Waals surface area contributed by atoms with Crippen molar-refractivity contribution >= 4 is 29.5 Å². The van der Waals surface area contributed by atoms with E-state index in [1.165, 1.54) is 0 Å². The molecule has 7 nitrogen and oxygen atoms in total. The van der Waals surface area contributed by atoms with Crippen LogP contribution >= 0.6 is 11.8 Å². The average molecular weight is 583 g/mol. The van der Waals surface area contributed by atoms with Crippen molar-refractivity contribution in [1.82, 2.24) is 9.80 Å². The van der Waals surface area contributed by atoms with E-state index in [1.807, 2.05) is 48.2 Å². The lowest BCUT2D eigenvalue weighted by atomic mass is 9.66. The second-order valence-corrected chi connectivity index (χ2v) is 13.8. The molecule has 0 aromatic heterocycles. The fourth-order valence-corrected chi connectivity index (χ4v) is 9.70. The van der Waals surface area contributed by atoms with Crippen molar-refractivity contribution in [3.63, 3.8) is 0 Å². The van der Waals surface area contributed by atoms with Crippen LogP contribution in [0.1, 0.15) is 77.3 Å². The minimum Gasteiger partial charge on any atom is -0.465 e. The number of benzene rings is 1. The first-order chi connectivity index (χ1) is 19.7. The van der Waals surface area contributed by atoms with Crippen LogP contribution in [0.2, 0.25) is 0 Å². The summed E-state index contributed by atoms with van der Waals surface area (Å²) in [6.45, 7) is 14.2. The van der Waals surface area contributed by atoms with E-state index in [-0.39, 0.29) is 30.4 Å². The maximum atomic E-state index is 14.7. The highest BCUT2D eigenvalue weighted by atomic mass is 32.2. The van der Waals surface area contributed by atoms with E-state index < -0.39 is 33.4 Å². The van der Waals surface area contributed by atoms with Gasteiger partial charge in [-0.2, -0.15) is 0 Å². The molecule has 2 bridgehead atoms. The number of carbonyl (C=O) groups is 3. The number of ether oxygens (including phenoxy) is 1. The summed E-state index contributed by atoms with van der Waals surface area (Å²) < 4.78 is 4.51. The minimum absolute atomic E-state index is 0.0438. The molecule has 41 heavy (non-hydrogen) atoms. The number of likely N-dealkylation sites (tertiary alicyclic amines) is 1. The van der Waals surface area contributed by atoms with Gasteiger partial charge in [-0.25, -0.2) is 0 Å². The Morgan fingerprint density at radius 1 is 1.22 bits per heavy atom. The average Bonchev–Trinajstić information content (AvgIpc) is 3.53. The molecule has 3 heterocycles. The SMILES string of the molecule is C=CCCCCOC(=O)[C@@H]1[C@H]2C(=O)N([C@H](CO)c3ccccc3)C(C(=O)N(CC=C)C(C)CCC)C23CC[C@@]1(C)S3. The number of hydrogen-bond acceptors (Lipinski definition) is 6. The third kappa shape index (κ3) is 5.62. The predicted molar refractivity (Wildman–Crippen MR) is 163 cm³/mol. The summed E-state index contributed by atoms with van der Waals surface area (Å²) in [5.41, 5.74) is 0.765. The Morgan fingerprint density at radius 2 is 1.95 bits per heavy atom. The van der Waals surface area contributed by atoms with Gasteiger partial charge in [-0.05, 0) is 57.9 Å². The van der Waals surface area contributed by atoms with Crippen molar-refractivity contribution < 1.29 is 24.2 Å². The topological polar surface area (TPSA) is 87.1 Å². The lowest BCUT2D eigenvalue weighted by Crippen LogP contribution is -2.57. The molecule has 0 aliphatic carbocycles. The number of thioether (sulfide) groups is 1. The molecule has 3 aliphatic rings. The standard InChI is InChI=1S/C33H46N2O5S/c1-6-9-10-14-21-40-31(39)27-26-29(37)35(25(22-36)24-16-12-11-13-17-24)28(33(26)19-18-32(27,5)41-33)30(38)34(20-8-3)23(4)15-7-2/h6,8,11-13,16-17,23,25-28,36H,1,3,7,9-10,14-15,18-22H2,2,4-5H3/t23?,25-,26+,27+,28?,32-,33?/m1/s1. The third-order valence-corrected chi connectivity index (χ3v) is 11.3. The number of aliphatic hydroxyl groups excluding tert-OH is 1. The summed E-state index contributed by atoms with van der Waals surface area (Å²) in [5.74, 6) is -2.06. The van der Waals surface area contributed by atoms with Crippen LogP contribution < -0.4 is 0 Å². The second-order valence-electron chi connectivity index (χ2n) is 12.0. The molecule has 1 spiro atoms. The Bertz CT molecular complexity index is 1130. The molecule has 7 atom stereocenters. The zero-order valence-electron chi connectivity index (χ0n) is 24.8. The van der Waals surface area contributed by atoms with Crippen molar-refractivity contribution in [2.75, 3.05) is 19.8 Å². The molecule has 224 valence electrons. The normalized spacial score (nSPS) is 29.6. The maximum Gasteiger partial charge on any atom is 0.311 e. The molecule has 1 aromatic carbocycles. The number of aliphatic hydroxyl groups is 1. The Kier molecular flexibility index (Phi) is 10.1. The van der Waals surface area contributed by atoms with E-state index in [0.717, 1.165) is 44.1 Å². The van der Waals surface area contributed by atoms with Gasteiger partial charge in [0, 0.05) is 17.3 Å². The van der Waals surface area contributed by atoms with Crippen molar-refractivity contribution in [3.8, 4) is 0 Å². The fourth-order valence-electron chi connectivity index (χ4n) is 7.38. The fraction of sp³-hybridized carbons (Fsp3) is 0.606. The molecule has 1 N–H and O–H groups in total. The van der Waals surface area contributed by atoms with Gasteiger partial charge in [-0.15, -0.1) is 24.9 Å². The van der Waals surface area contributed by atoms with E-state index >= 15 is 0 Å². The first-order valence-corrected chi connectivity index (χ1v) is 15.9. The number of rotatable bonds is 15. The summed E-state index contributed by atoms with van der Waals surface area (Å²) in [4.78, 5) is 46.5. The predicted octanol–water partition coefficient (Wildman–Crippen LogP) is 5.30. The van der Waals surface area contributed by atoms with Crippen LogP contribution in [0.4, 0.5) is 0 Å². The Morgan fingerprint density at radius 3 is 2.59 bits per heavy atom. The van der Waals surface area contributed by atoms with E-state index in [9.17, 15) is 19.5 Å². The number of amides is 2. The molecule has 0 saturated carbocycles. The number of nitrogens with zero attached hydrogens (tertiary/aromatic N) is 2. The first-order valence-electron chi connectivity index (χ1n) is 15.1. The van der Waals surface area contributed by atoms with E-state index in [1.54, 1.807) is 22.7 Å². The smallest absolute Gasteiger partial charge is 0.311 e. The van der Waals surface area contributed by atoms with Crippen LogP contribution in [0.5, 0.6) is 0 Å². The van der Waals surface area contributed by atoms with Crippen molar-refractivity contribution in [1.29, 1.82) is 0 Å². The number of carbonyl (C=O) groups excluding carboxylic acids is 3. The van der Waals surface area contributed by atoms with Crippen LogP contribution in [0.25, 0.3) is 0 Å². The number of esters is 1. The van der Waals surface area contributed by atoms with Gasteiger partial charge in [0.15, 0.2) is 0 Å². The van der Waals surface area contributed by atoms with Gasteiger partial charge in [0.2, 0.25) is 11.8 Å². The summed E-state index contributed by atoms with van der Waals surface area (Å²) in [5, 5.41) is 10.7. The van der Waals surface area contributed by atoms with Crippen LogP contribution in [-0.2, 0) is 19.1 Å². The Labute approximate surface area is 249 Å². The van der Waals surface area contributed by atoms with Crippen LogP contribution in [-0.4, -0.2) is 74.0 Å². The number of unbranched alkanes of at least 4 members (excludes halogenated alkanes) is 2. The molecule has 3 fully saturated rings. The second kappa shape index (κ2) is 13.2. The molecular formula is C33H46N2O5S. The van der Waals surface area contributed by atoms with Crippen LogP contribution in [0, 0.1) is 11.8 Å². The molecule has 3 aliphatic heterocycles. The Hall–Kier alpha value is -2.58. The highest BCUT2D eigenvalue weighted by molar-refractivity contribution is 8.02. The maximum absolute atomic E-state index is 14.7. The molecule has 4 rings (SSSR count). The lowest BCUT2D eigenvalue weighted by Gasteiger charge is -2.41. The van der Waals surface area contributed by atoms with Crippen molar-refractivity contribution in [2.45, 2.75) is 93.3 Å². The molecule has 3 saturated heterocycles. The van der Waals surface area contributed by atoms with Crippen molar-refractivity contribution in [2.24, 2.45) is 11.8 Å². The summed E-state index contributed by atoms with van der Waals surface area (Å²) in [7, 11) is 0. The highest BCUT2D eigenvalue weighted by Gasteiger charge is 2.78. The summed E-state index contributed by atoms with van der Waals surface area (Å²) in [6.07, 6.45) is 9.17. The van der Waals surface area contributed by atoms with Gasteiger partial charge in [0.25, 0.3) is 0 Å². The van der Waals surface area contributed by atoms with Gasteiger partial charge >= 0.3 is 5.97 Å². The van der Waals surface area contributed by atoms with Crippen LogP contribution in [0.3, 0.4) is 0 Å². The minimum atomic E-state index is -0.811. The first kappa shape index (κ1) is 31.4. The van der Waals surface area contributed by atoms with E-state index in [4.69, 9.17) is 4.74 Å². The molecule has 3 unspecified atom stereocenters. The largest absolute Gasteiger partial charge is 0.465 e. The quantitative estimate of drug-likeness (QED) is 0.172. The van der Waals surface area contributed by atoms with Crippen LogP contribution in [0.15, 0.2) is 55.6 Å². The lowest BCUT2D eigenvalue weighted by molar-refractivity contribution is -0.156. The number of hydrogen-bond donors (Lipinski definition) is 1.